The molecule has 0 aromatic rings. The molecule has 5 heteroatoms. The molecule has 4 nitrogen and oxygen atoms in total. The number of rotatable bonds is 4. The third-order valence-corrected chi connectivity index (χ3v) is 2.45. The number of nitrogens with one attached hydrogen (secondary N) is 1. The van der Waals surface area contributed by atoms with Gasteiger partial charge in [0.25, 0.3) is 0 Å². The Morgan fingerprint density at radius 2 is 2.00 bits per heavy atom. The number of amides is 1. The molecule has 0 aromatic heterocycles. The molecule has 3 N–H and O–H groups in total. The van der Waals surface area contributed by atoms with Crippen molar-refractivity contribution in [1.29, 1.82) is 0 Å². The molecule has 0 aromatic carbocycles. The molecule has 0 saturated carbocycles. The van der Waals surface area contributed by atoms with Gasteiger partial charge in [0, 0.05) is 0 Å². The predicted octanol–water partition coefficient (Wildman–Crippen LogP) is 2.21. The van der Waals surface area contributed by atoms with Crippen molar-refractivity contribution in [2.45, 2.75) is 52.7 Å². The highest BCUT2D eigenvalue weighted by atomic mass is 32.1. The van der Waals surface area contributed by atoms with E-state index in [2.05, 4.69) is 5.32 Å². The minimum absolute atomic E-state index is 0.199. The quantitative estimate of drug-likeness (QED) is 0.746. The van der Waals surface area contributed by atoms with Gasteiger partial charge in [-0.25, -0.2) is 4.79 Å². The van der Waals surface area contributed by atoms with Crippen LogP contribution >= 0.6 is 12.2 Å². The van der Waals surface area contributed by atoms with Gasteiger partial charge in [0.2, 0.25) is 0 Å². The third-order valence-electron chi connectivity index (χ3n) is 2.19. The summed E-state index contributed by atoms with van der Waals surface area (Å²) in [5.74, 6) is 0.199. The molecule has 1 amide bonds. The number of alkyl carbamates (subject to hydrolysis) is 1. The average molecular weight is 246 g/mol. The molecule has 94 valence electrons. The molecule has 16 heavy (non-hydrogen) atoms. The van der Waals surface area contributed by atoms with Crippen LogP contribution in [0.5, 0.6) is 0 Å². The van der Waals surface area contributed by atoms with Crippen LogP contribution in [0.2, 0.25) is 0 Å². The van der Waals surface area contributed by atoms with Crippen molar-refractivity contribution in [3.8, 4) is 0 Å². The van der Waals surface area contributed by atoms with Crippen LogP contribution in [0.3, 0.4) is 0 Å². The standard InChI is InChI=1S/C11H22N2O2S/c1-6-7(2)8(9(12)16)13-10(14)15-11(3,4)5/h7-8H,6H2,1-5H3,(H2,12,16)(H,13,14). The zero-order valence-electron chi connectivity index (χ0n) is 10.7. The highest BCUT2D eigenvalue weighted by Crippen LogP contribution is 2.11. The Kier molecular flexibility index (Phi) is 5.72. The van der Waals surface area contributed by atoms with E-state index in [0.717, 1.165) is 6.42 Å². The minimum Gasteiger partial charge on any atom is -0.444 e. The van der Waals surface area contributed by atoms with E-state index in [4.69, 9.17) is 22.7 Å². The Morgan fingerprint density at radius 1 is 1.50 bits per heavy atom. The molecule has 2 atom stereocenters. The second-order valence-electron chi connectivity index (χ2n) is 4.91. The summed E-state index contributed by atoms with van der Waals surface area (Å²) in [6.07, 6.45) is 0.406. The summed E-state index contributed by atoms with van der Waals surface area (Å²) in [4.78, 5) is 11.8. The van der Waals surface area contributed by atoms with E-state index in [-0.39, 0.29) is 12.0 Å². The monoisotopic (exact) mass is 246 g/mol. The summed E-state index contributed by atoms with van der Waals surface area (Å²) < 4.78 is 5.15. The van der Waals surface area contributed by atoms with E-state index in [1.165, 1.54) is 0 Å². The fourth-order valence-electron chi connectivity index (χ4n) is 1.16. The Bertz CT molecular complexity index is 261. The van der Waals surface area contributed by atoms with Crippen molar-refractivity contribution in [3.05, 3.63) is 0 Å². The number of carbonyl (C=O) groups excluding carboxylic acids is 1. The first-order valence-corrected chi connectivity index (χ1v) is 5.87. The summed E-state index contributed by atoms with van der Waals surface area (Å²) in [5, 5.41) is 2.70. The summed E-state index contributed by atoms with van der Waals surface area (Å²) >= 11 is 4.93. The number of carbonyl (C=O) groups is 1. The van der Waals surface area contributed by atoms with Crippen LogP contribution in [0.15, 0.2) is 0 Å². The molecule has 0 aliphatic rings. The van der Waals surface area contributed by atoms with E-state index in [0.29, 0.717) is 4.99 Å². The summed E-state index contributed by atoms with van der Waals surface area (Å²) in [7, 11) is 0. The molecule has 0 aliphatic heterocycles. The Balaban J connectivity index is 4.42. The fourth-order valence-corrected chi connectivity index (χ4v) is 1.46. The van der Waals surface area contributed by atoms with Gasteiger partial charge in [-0.2, -0.15) is 0 Å². The number of ether oxygens (including phenoxy) is 1. The Morgan fingerprint density at radius 3 is 2.31 bits per heavy atom. The van der Waals surface area contributed by atoms with Crippen molar-refractivity contribution >= 4 is 23.3 Å². The van der Waals surface area contributed by atoms with Crippen LogP contribution in [-0.4, -0.2) is 22.7 Å². The van der Waals surface area contributed by atoms with Gasteiger partial charge in [0.15, 0.2) is 0 Å². The van der Waals surface area contributed by atoms with Gasteiger partial charge >= 0.3 is 6.09 Å². The maximum atomic E-state index is 11.5. The zero-order chi connectivity index (χ0) is 12.9. The third kappa shape index (κ3) is 5.90. The first kappa shape index (κ1) is 15.2. The highest BCUT2D eigenvalue weighted by molar-refractivity contribution is 7.80. The molecule has 2 unspecified atom stereocenters. The zero-order valence-corrected chi connectivity index (χ0v) is 11.5. The van der Waals surface area contributed by atoms with E-state index in [9.17, 15) is 4.79 Å². The minimum atomic E-state index is -0.514. The van der Waals surface area contributed by atoms with Gasteiger partial charge in [0.05, 0.1) is 11.0 Å². The lowest BCUT2D eigenvalue weighted by molar-refractivity contribution is 0.0507. The van der Waals surface area contributed by atoms with Crippen molar-refractivity contribution in [3.63, 3.8) is 0 Å². The second-order valence-corrected chi connectivity index (χ2v) is 5.38. The van der Waals surface area contributed by atoms with Gasteiger partial charge < -0.3 is 15.8 Å². The molecule has 0 rings (SSSR count). The summed E-state index contributed by atoms with van der Waals surface area (Å²) in [6.45, 7) is 9.44. The normalized spacial score (nSPS) is 15.1. The Labute approximate surface area is 103 Å². The van der Waals surface area contributed by atoms with Gasteiger partial charge in [0.1, 0.15) is 5.60 Å². The Hall–Kier alpha value is -0.840. The van der Waals surface area contributed by atoms with Crippen LogP contribution in [-0.2, 0) is 4.74 Å². The first-order valence-electron chi connectivity index (χ1n) is 5.46. The highest BCUT2D eigenvalue weighted by Gasteiger charge is 2.24. The molecule has 0 aliphatic carbocycles. The fraction of sp³-hybridized carbons (Fsp3) is 0.818. The smallest absolute Gasteiger partial charge is 0.408 e. The SMILES string of the molecule is CCC(C)C(NC(=O)OC(C)(C)C)C(N)=S. The molecule has 0 spiro atoms. The summed E-state index contributed by atoms with van der Waals surface area (Å²) in [6, 6.07) is -0.310. The number of nitrogens with two attached hydrogens (primary N) is 1. The molecule has 0 heterocycles. The van der Waals surface area contributed by atoms with E-state index < -0.39 is 11.7 Å². The molecule has 0 saturated heterocycles. The maximum absolute atomic E-state index is 11.5. The lowest BCUT2D eigenvalue weighted by atomic mass is 9.99. The van der Waals surface area contributed by atoms with Crippen LogP contribution < -0.4 is 11.1 Å². The number of hydrogen-bond acceptors (Lipinski definition) is 3. The summed E-state index contributed by atoms with van der Waals surface area (Å²) in [5.41, 5.74) is 5.07. The van der Waals surface area contributed by atoms with E-state index >= 15 is 0 Å². The molecular weight excluding hydrogens is 224 g/mol. The van der Waals surface area contributed by atoms with Crippen LogP contribution in [0, 0.1) is 5.92 Å². The van der Waals surface area contributed by atoms with Crippen LogP contribution in [0.4, 0.5) is 4.79 Å². The predicted molar refractivity (Wildman–Crippen MR) is 69.4 cm³/mol. The first-order chi connectivity index (χ1) is 7.17. The molecule has 0 bridgehead atoms. The molecule has 0 fully saturated rings. The van der Waals surface area contributed by atoms with E-state index in [1.54, 1.807) is 0 Å². The average Bonchev–Trinajstić information content (AvgIpc) is 2.09. The second kappa shape index (κ2) is 6.03. The molecule has 0 radical (unpaired) electrons. The topological polar surface area (TPSA) is 64.3 Å². The van der Waals surface area contributed by atoms with E-state index in [1.807, 2.05) is 34.6 Å². The van der Waals surface area contributed by atoms with Gasteiger partial charge in [-0.1, -0.05) is 32.5 Å². The largest absolute Gasteiger partial charge is 0.444 e. The van der Waals surface area contributed by atoms with Crippen LogP contribution in [0.25, 0.3) is 0 Å². The number of thiocarbonyl (C=S) groups is 1. The number of hydrogen-bond donors (Lipinski definition) is 2. The lowest BCUT2D eigenvalue weighted by Crippen LogP contribution is -2.48. The van der Waals surface area contributed by atoms with Crippen LogP contribution in [0.1, 0.15) is 41.0 Å². The van der Waals surface area contributed by atoms with Crippen molar-refractivity contribution < 1.29 is 9.53 Å². The van der Waals surface area contributed by atoms with Crippen molar-refractivity contribution in [2.24, 2.45) is 11.7 Å². The van der Waals surface area contributed by atoms with Gasteiger partial charge in [-0.05, 0) is 26.7 Å². The van der Waals surface area contributed by atoms with Crippen molar-refractivity contribution in [2.75, 3.05) is 0 Å². The van der Waals surface area contributed by atoms with Gasteiger partial charge in [-0.3, -0.25) is 0 Å². The maximum Gasteiger partial charge on any atom is 0.408 e. The van der Waals surface area contributed by atoms with Crippen molar-refractivity contribution in [1.82, 2.24) is 5.32 Å². The lowest BCUT2D eigenvalue weighted by Gasteiger charge is -2.26. The molecular formula is C11H22N2O2S. The van der Waals surface area contributed by atoms with Gasteiger partial charge in [-0.15, -0.1) is 0 Å².